The number of nitrogens with zero attached hydrogens (tertiary/aromatic N) is 6. The lowest BCUT2D eigenvalue weighted by Crippen LogP contribution is -2.24. The Morgan fingerprint density at radius 3 is 3.06 bits per heavy atom. The lowest BCUT2D eigenvalue weighted by Gasteiger charge is -2.03. The van der Waals surface area contributed by atoms with Gasteiger partial charge in [0.2, 0.25) is 0 Å². The summed E-state index contributed by atoms with van der Waals surface area (Å²) in [5, 5.41) is 20.5. The molecule has 8 nitrogen and oxygen atoms in total. The number of hydrogen-bond acceptors (Lipinski definition) is 6. The summed E-state index contributed by atoms with van der Waals surface area (Å²) < 4.78 is 2.74. The molecule has 0 radical (unpaired) electrons. The Hall–Kier alpha value is -2.35. The van der Waals surface area contributed by atoms with Gasteiger partial charge in [0.1, 0.15) is 6.33 Å². The van der Waals surface area contributed by atoms with Gasteiger partial charge in [-0.1, -0.05) is 0 Å². The first-order chi connectivity index (χ1) is 8.31. The van der Waals surface area contributed by atoms with Crippen molar-refractivity contribution >= 4 is 16.8 Å². The van der Waals surface area contributed by atoms with Gasteiger partial charge in [-0.3, -0.25) is 9.36 Å². The van der Waals surface area contributed by atoms with E-state index in [2.05, 4.69) is 20.3 Å². The molecule has 0 saturated heterocycles. The number of rotatable bonds is 2. The number of aliphatic hydroxyl groups excluding tert-OH is 1. The molecule has 0 aliphatic rings. The zero-order valence-electron chi connectivity index (χ0n) is 8.69. The Morgan fingerprint density at radius 1 is 1.35 bits per heavy atom. The van der Waals surface area contributed by atoms with Gasteiger partial charge in [-0.2, -0.15) is 9.61 Å². The van der Waals surface area contributed by atoms with Crippen molar-refractivity contribution in [3.05, 3.63) is 28.9 Å². The normalized spacial score (nSPS) is 11.4. The van der Waals surface area contributed by atoms with Crippen molar-refractivity contribution in [3.63, 3.8) is 0 Å². The van der Waals surface area contributed by atoms with E-state index in [1.807, 2.05) is 0 Å². The van der Waals surface area contributed by atoms with Crippen LogP contribution < -0.4 is 5.56 Å². The highest BCUT2D eigenvalue weighted by Crippen LogP contribution is 2.04. The summed E-state index contributed by atoms with van der Waals surface area (Å²) in [6, 6.07) is 1.67. The highest BCUT2D eigenvalue weighted by atomic mass is 16.3. The number of aliphatic hydroxyl groups is 1. The zero-order chi connectivity index (χ0) is 11.8. The molecule has 8 heteroatoms. The molecule has 3 heterocycles. The molecular formula is C9H8N6O2. The summed E-state index contributed by atoms with van der Waals surface area (Å²) in [5.41, 5.74) is 0.689. The van der Waals surface area contributed by atoms with E-state index in [9.17, 15) is 4.79 Å². The largest absolute Gasteiger partial charge is 0.395 e. The molecule has 0 saturated carbocycles. The van der Waals surface area contributed by atoms with Crippen LogP contribution in [0.3, 0.4) is 0 Å². The van der Waals surface area contributed by atoms with Gasteiger partial charge in [0.05, 0.1) is 19.3 Å². The number of hydrogen-bond donors (Lipinski definition) is 1. The predicted octanol–water partition coefficient (Wildman–Crippen LogP) is -1.17. The van der Waals surface area contributed by atoms with Crippen molar-refractivity contribution in [2.45, 2.75) is 6.54 Å². The molecule has 3 aromatic heterocycles. The van der Waals surface area contributed by atoms with Crippen LogP contribution in [0.25, 0.3) is 16.8 Å². The van der Waals surface area contributed by atoms with Gasteiger partial charge in [0.25, 0.3) is 5.56 Å². The molecule has 0 spiro atoms. The Bertz CT molecular complexity index is 746. The molecule has 0 aromatic carbocycles. The minimum atomic E-state index is -0.339. The minimum Gasteiger partial charge on any atom is -0.395 e. The van der Waals surface area contributed by atoms with Crippen molar-refractivity contribution in [3.8, 4) is 0 Å². The lowest BCUT2D eigenvalue weighted by atomic mass is 10.5. The minimum absolute atomic E-state index is 0.134. The van der Waals surface area contributed by atoms with Gasteiger partial charge in [-0.25, -0.2) is 4.98 Å². The van der Waals surface area contributed by atoms with Gasteiger partial charge in [0.15, 0.2) is 16.8 Å². The second kappa shape index (κ2) is 3.59. The topological polar surface area (TPSA) is 98.2 Å². The quantitative estimate of drug-likeness (QED) is 0.597. The predicted molar refractivity (Wildman–Crippen MR) is 57.4 cm³/mol. The molecule has 0 aliphatic carbocycles. The van der Waals surface area contributed by atoms with Crippen LogP contribution in [0.4, 0.5) is 0 Å². The summed E-state index contributed by atoms with van der Waals surface area (Å²) in [6.45, 7) is 0.0468. The fourth-order valence-electron chi connectivity index (χ4n) is 1.62. The number of aromatic nitrogens is 6. The molecule has 0 atom stereocenters. The van der Waals surface area contributed by atoms with E-state index in [4.69, 9.17) is 5.11 Å². The molecule has 17 heavy (non-hydrogen) atoms. The summed E-state index contributed by atoms with van der Waals surface area (Å²) >= 11 is 0. The molecular weight excluding hydrogens is 224 g/mol. The van der Waals surface area contributed by atoms with Crippen LogP contribution >= 0.6 is 0 Å². The van der Waals surface area contributed by atoms with Crippen LogP contribution in [0.1, 0.15) is 0 Å². The average molecular weight is 232 g/mol. The smallest absolute Gasteiger partial charge is 0.283 e. The summed E-state index contributed by atoms with van der Waals surface area (Å²) in [5.74, 6) is 0. The maximum atomic E-state index is 12.0. The van der Waals surface area contributed by atoms with Gasteiger partial charge < -0.3 is 5.11 Å². The van der Waals surface area contributed by atoms with Crippen LogP contribution in [-0.2, 0) is 6.54 Å². The van der Waals surface area contributed by atoms with E-state index in [0.29, 0.717) is 11.3 Å². The fourth-order valence-corrected chi connectivity index (χ4v) is 1.62. The van der Waals surface area contributed by atoms with E-state index in [1.165, 1.54) is 15.4 Å². The molecule has 0 aliphatic heterocycles. The maximum Gasteiger partial charge on any atom is 0.283 e. The molecule has 3 aromatic rings. The highest BCUT2D eigenvalue weighted by molar-refractivity contribution is 5.70. The van der Waals surface area contributed by atoms with Crippen LogP contribution in [-0.4, -0.2) is 41.1 Å². The summed E-state index contributed by atoms with van der Waals surface area (Å²) in [4.78, 5) is 16.1. The first-order valence-electron chi connectivity index (χ1n) is 4.97. The fraction of sp³-hybridized carbons (Fsp3) is 0.222. The van der Waals surface area contributed by atoms with Crippen molar-refractivity contribution in [1.82, 2.24) is 29.4 Å². The SMILES string of the molecule is O=c1c2nnc3ccnn3c2ncn1CCO. The first-order valence-corrected chi connectivity index (χ1v) is 4.97. The van der Waals surface area contributed by atoms with Gasteiger partial charge in [-0.05, 0) is 0 Å². The Kier molecular flexibility index (Phi) is 2.08. The van der Waals surface area contributed by atoms with Crippen molar-refractivity contribution < 1.29 is 5.11 Å². The van der Waals surface area contributed by atoms with Crippen LogP contribution in [0.5, 0.6) is 0 Å². The van der Waals surface area contributed by atoms with E-state index in [1.54, 1.807) is 12.3 Å². The molecule has 0 bridgehead atoms. The zero-order valence-corrected chi connectivity index (χ0v) is 8.69. The molecule has 1 N–H and O–H groups in total. The van der Waals surface area contributed by atoms with E-state index < -0.39 is 0 Å². The van der Waals surface area contributed by atoms with Crippen molar-refractivity contribution in [2.75, 3.05) is 6.61 Å². The Balaban J connectivity index is 2.40. The summed E-state index contributed by atoms with van der Waals surface area (Å²) in [6.07, 6.45) is 2.92. The molecule has 0 fully saturated rings. The van der Waals surface area contributed by atoms with Crippen molar-refractivity contribution in [2.24, 2.45) is 0 Å². The highest BCUT2D eigenvalue weighted by Gasteiger charge is 2.10. The Labute approximate surface area is 94.2 Å². The first kappa shape index (κ1) is 9.85. The third-order valence-corrected chi connectivity index (χ3v) is 2.41. The standard InChI is InChI=1S/C9H8N6O2/c16-4-3-14-5-10-8-7(9(14)17)13-12-6-1-2-11-15(6)8/h1-2,5,16H,3-4H2. The van der Waals surface area contributed by atoms with E-state index in [-0.39, 0.29) is 24.2 Å². The average Bonchev–Trinajstić information content (AvgIpc) is 2.81. The van der Waals surface area contributed by atoms with Crippen LogP contribution in [0, 0.1) is 0 Å². The lowest BCUT2D eigenvalue weighted by molar-refractivity contribution is 0.274. The maximum absolute atomic E-state index is 12.0. The Morgan fingerprint density at radius 2 is 2.24 bits per heavy atom. The van der Waals surface area contributed by atoms with Gasteiger partial charge in [0, 0.05) is 6.07 Å². The summed E-state index contributed by atoms with van der Waals surface area (Å²) in [7, 11) is 0. The molecule has 0 unspecified atom stereocenters. The van der Waals surface area contributed by atoms with Crippen LogP contribution in [0.15, 0.2) is 23.4 Å². The number of fused-ring (bicyclic) bond motifs is 3. The van der Waals surface area contributed by atoms with Gasteiger partial charge in [-0.15, -0.1) is 10.2 Å². The van der Waals surface area contributed by atoms with Crippen molar-refractivity contribution in [1.29, 1.82) is 0 Å². The molecule has 3 rings (SSSR count). The third kappa shape index (κ3) is 1.38. The monoisotopic (exact) mass is 232 g/mol. The van der Waals surface area contributed by atoms with Gasteiger partial charge >= 0.3 is 0 Å². The van der Waals surface area contributed by atoms with E-state index >= 15 is 0 Å². The molecule has 86 valence electrons. The molecule has 0 amide bonds. The van der Waals surface area contributed by atoms with E-state index in [0.717, 1.165) is 0 Å². The van der Waals surface area contributed by atoms with Crippen LogP contribution in [0.2, 0.25) is 0 Å². The second-order valence-electron chi connectivity index (χ2n) is 3.44. The third-order valence-electron chi connectivity index (χ3n) is 2.41. The second-order valence-corrected chi connectivity index (χ2v) is 3.44.